The van der Waals surface area contributed by atoms with E-state index in [9.17, 15) is 4.79 Å². The van der Waals surface area contributed by atoms with Crippen LogP contribution >= 0.6 is 0 Å². The van der Waals surface area contributed by atoms with E-state index >= 15 is 0 Å². The lowest BCUT2D eigenvalue weighted by molar-refractivity contribution is -0.137. The molecule has 2 heterocycles. The molecule has 76 valence electrons. The van der Waals surface area contributed by atoms with Crippen LogP contribution in [0.2, 0.25) is 0 Å². The quantitative estimate of drug-likeness (QED) is 0.808. The molecule has 0 aromatic carbocycles. The van der Waals surface area contributed by atoms with Gasteiger partial charge < -0.3 is 9.67 Å². The lowest BCUT2D eigenvalue weighted by atomic mass is 10.3. The van der Waals surface area contributed by atoms with E-state index in [1.54, 1.807) is 23.0 Å². The zero-order valence-electron chi connectivity index (χ0n) is 7.87. The first-order valence-electron chi connectivity index (χ1n) is 4.40. The monoisotopic (exact) mass is 203 g/mol. The molecule has 0 aliphatic carbocycles. The Labute approximate surface area is 86.0 Å². The van der Waals surface area contributed by atoms with Gasteiger partial charge in [-0.3, -0.25) is 9.78 Å². The summed E-state index contributed by atoms with van der Waals surface area (Å²) in [5.41, 5.74) is 1.43. The summed E-state index contributed by atoms with van der Waals surface area (Å²) in [7, 11) is 0. The van der Waals surface area contributed by atoms with Crippen molar-refractivity contribution in [2.75, 3.05) is 0 Å². The second-order valence-corrected chi connectivity index (χ2v) is 3.02. The topological polar surface area (TPSA) is 68.0 Å². The van der Waals surface area contributed by atoms with E-state index in [-0.39, 0.29) is 6.54 Å². The van der Waals surface area contributed by atoms with Crippen molar-refractivity contribution in [1.29, 1.82) is 0 Å². The standard InChI is InChI=1S/C10H9N3O2/c14-10(15)6-13-7-11-5-9(13)8-3-1-2-4-12-8/h1-5,7H,6H2,(H,14,15). The van der Waals surface area contributed by atoms with Crippen molar-refractivity contribution in [3.05, 3.63) is 36.9 Å². The Balaban J connectivity index is 2.37. The fourth-order valence-electron chi connectivity index (χ4n) is 1.32. The summed E-state index contributed by atoms with van der Waals surface area (Å²) < 4.78 is 1.55. The molecule has 15 heavy (non-hydrogen) atoms. The second-order valence-electron chi connectivity index (χ2n) is 3.02. The SMILES string of the molecule is O=C(O)Cn1cncc1-c1ccccn1. The van der Waals surface area contributed by atoms with Crippen LogP contribution in [0, 0.1) is 0 Å². The Morgan fingerprint density at radius 1 is 1.47 bits per heavy atom. The number of hydrogen-bond acceptors (Lipinski definition) is 3. The number of imidazole rings is 1. The Hall–Kier alpha value is -2.17. The van der Waals surface area contributed by atoms with Crippen LogP contribution in [0.3, 0.4) is 0 Å². The molecule has 0 aliphatic rings. The van der Waals surface area contributed by atoms with Crippen LogP contribution in [0.1, 0.15) is 0 Å². The maximum Gasteiger partial charge on any atom is 0.323 e. The highest BCUT2D eigenvalue weighted by Gasteiger charge is 2.07. The van der Waals surface area contributed by atoms with E-state index in [4.69, 9.17) is 5.11 Å². The van der Waals surface area contributed by atoms with Gasteiger partial charge in [-0.05, 0) is 12.1 Å². The van der Waals surface area contributed by atoms with E-state index in [1.807, 2.05) is 12.1 Å². The summed E-state index contributed by atoms with van der Waals surface area (Å²) in [4.78, 5) is 18.6. The van der Waals surface area contributed by atoms with Gasteiger partial charge in [-0.2, -0.15) is 0 Å². The molecule has 0 aliphatic heterocycles. The molecule has 2 aromatic rings. The third kappa shape index (κ3) is 2.01. The first-order valence-corrected chi connectivity index (χ1v) is 4.40. The van der Waals surface area contributed by atoms with Gasteiger partial charge in [0.25, 0.3) is 0 Å². The van der Waals surface area contributed by atoms with Gasteiger partial charge >= 0.3 is 5.97 Å². The summed E-state index contributed by atoms with van der Waals surface area (Å²) in [6, 6.07) is 5.47. The Bertz CT molecular complexity index is 465. The van der Waals surface area contributed by atoms with Crippen LogP contribution in [0.4, 0.5) is 0 Å². The van der Waals surface area contributed by atoms with Gasteiger partial charge in [-0.25, -0.2) is 4.98 Å². The minimum atomic E-state index is -0.898. The number of hydrogen-bond donors (Lipinski definition) is 1. The van der Waals surface area contributed by atoms with Gasteiger partial charge in [0.15, 0.2) is 0 Å². The van der Waals surface area contributed by atoms with Crippen molar-refractivity contribution in [3.63, 3.8) is 0 Å². The first kappa shape index (κ1) is 9.39. The number of aromatic nitrogens is 3. The number of aliphatic carboxylic acids is 1. The highest BCUT2D eigenvalue weighted by atomic mass is 16.4. The summed E-state index contributed by atoms with van der Waals surface area (Å²) >= 11 is 0. The molecule has 0 unspecified atom stereocenters. The number of carbonyl (C=O) groups is 1. The zero-order chi connectivity index (χ0) is 10.7. The molecule has 0 amide bonds. The minimum absolute atomic E-state index is 0.105. The third-order valence-corrected chi connectivity index (χ3v) is 1.95. The zero-order valence-corrected chi connectivity index (χ0v) is 7.87. The van der Waals surface area contributed by atoms with Crippen molar-refractivity contribution in [2.24, 2.45) is 0 Å². The molecule has 0 radical (unpaired) electrons. The van der Waals surface area contributed by atoms with E-state index in [1.165, 1.54) is 6.33 Å². The average Bonchev–Trinajstić information content (AvgIpc) is 2.66. The van der Waals surface area contributed by atoms with Crippen LogP contribution < -0.4 is 0 Å². The highest BCUT2D eigenvalue weighted by molar-refractivity contribution is 5.68. The molecule has 0 saturated heterocycles. The van der Waals surface area contributed by atoms with Crippen molar-refractivity contribution in [1.82, 2.24) is 14.5 Å². The van der Waals surface area contributed by atoms with Gasteiger partial charge in [-0.1, -0.05) is 6.07 Å². The molecule has 0 atom stereocenters. The summed E-state index contributed by atoms with van der Waals surface area (Å²) in [6.45, 7) is -0.105. The Morgan fingerprint density at radius 2 is 2.33 bits per heavy atom. The molecule has 0 saturated carbocycles. The van der Waals surface area contributed by atoms with Crippen LogP contribution in [0.5, 0.6) is 0 Å². The third-order valence-electron chi connectivity index (χ3n) is 1.95. The predicted molar refractivity (Wildman–Crippen MR) is 53.1 cm³/mol. The summed E-state index contributed by atoms with van der Waals surface area (Å²) in [5.74, 6) is -0.898. The average molecular weight is 203 g/mol. The van der Waals surface area contributed by atoms with Crippen molar-refractivity contribution in [3.8, 4) is 11.4 Å². The molecule has 2 aromatic heterocycles. The normalized spacial score (nSPS) is 10.1. The van der Waals surface area contributed by atoms with E-state index < -0.39 is 5.97 Å². The van der Waals surface area contributed by atoms with Crippen LogP contribution in [-0.2, 0) is 11.3 Å². The van der Waals surface area contributed by atoms with E-state index in [0.717, 1.165) is 5.69 Å². The van der Waals surface area contributed by atoms with Crippen molar-refractivity contribution >= 4 is 5.97 Å². The molecular formula is C10H9N3O2. The minimum Gasteiger partial charge on any atom is -0.480 e. The maximum absolute atomic E-state index is 10.6. The molecule has 2 rings (SSSR count). The molecule has 0 spiro atoms. The van der Waals surface area contributed by atoms with Crippen LogP contribution in [0.25, 0.3) is 11.4 Å². The number of pyridine rings is 1. The molecular weight excluding hydrogens is 194 g/mol. The van der Waals surface area contributed by atoms with Gasteiger partial charge in [0.1, 0.15) is 6.54 Å². The van der Waals surface area contributed by atoms with E-state index in [0.29, 0.717) is 5.69 Å². The maximum atomic E-state index is 10.6. The first-order chi connectivity index (χ1) is 7.27. The van der Waals surface area contributed by atoms with Crippen LogP contribution in [-0.4, -0.2) is 25.6 Å². The Morgan fingerprint density at radius 3 is 3.00 bits per heavy atom. The predicted octanol–water partition coefficient (Wildman–Crippen LogP) is 1.03. The number of carboxylic acids is 1. The lowest BCUT2D eigenvalue weighted by Gasteiger charge is -2.03. The summed E-state index contributed by atoms with van der Waals surface area (Å²) in [6.07, 6.45) is 4.75. The smallest absolute Gasteiger partial charge is 0.323 e. The molecule has 0 bridgehead atoms. The number of carboxylic acid groups (broad SMARTS) is 1. The molecule has 5 nitrogen and oxygen atoms in total. The fraction of sp³-hybridized carbons (Fsp3) is 0.100. The fourth-order valence-corrected chi connectivity index (χ4v) is 1.32. The molecule has 1 N–H and O–H groups in total. The van der Waals surface area contributed by atoms with Crippen LogP contribution in [0.15, 0.2) is 36.9 Å². The highest BCUT2D eigenvalue weighted by Crippen LogP contribution is 2.15. The van der Waals surface area contributed by atoms with Crippen molar-refractivity contribution < 1.29 is 9.90 Å². The second kappa shape index (κ2) is 3.91. The molecule has 0 fully saturated rings. The molecule has 5 heteroatoms. The van der Waals surface area contributed by atoms with Gasteiger partial charge in [0.05, 0.1) is 23.9 Å². The number of rotatable bonds is 3. The van der Waals surface area contributed by atoms with Gasteiger partial charge in [-0.15, -0.1) is 0 Å². The number of nitrogens with zero attached hydrogens (tertiary/aromatic N) is 3. The van der Waals surface area contributed by atoms with E-state index in [2.05, 4.69) is 9.97 Å². The lowest BCUT2D eigenvalue weighted by Crippen LogP contribution is -2.08. The largest absolute Gasteiger partial charge is 0.480 e. The van der Waals surface area contributed by atoms with Crippen molar-refractivity contribution in [2.45, 2.75) is 6.54 Å². The Kier molecular flexibility index (Phi) is 2.45. The summed E-state index contributed by atoms with van der Waals surface area (Å²) in [5, 5.41) is 8.69. The van der Waals surface area contributed by atoms with Gasteiger partial charge in [0.2, 0.25) is 0 Å². The van der Waals surface area contributed by atoms with Gasteiger partial charge in [0, 0.05) is 6.20 Å².